The molecule has 0 fully saturated rings. The largest absolute Gasteiger partial charge is 0.464 e. The van der Waals surface area contributed by atoms with E-state index in [2.05, 4.69) is 15.0 Å². The van der Waals surface area contributed by atoms with E-state index in [-0.39, 0.29) is 17.5 Å². The first-order valence-electron chi connectivity index (χ1n) is 6.16. The van der Waals surface area contributed by atoms with Gasteiger partial charge in [-0.25, -0.2) is 9.78 Å². The van der Waals surface area contributed by atoms with Crippen molar-refractivity contribution in [1.82, 2.24) is 10.3 Å². The number of aromatic nitrogens is 1. The van der Waals surface area contributed by atoms with Crippen LogP contribution in [-0.4, -0.2) is 35.7 Å². The first kappa shape index (κ1) is 14.7. The monoisotopic (exact) mass is 290 g/mol. The highest BCUT2D eigenvalue weighted by Gasteiger charge is 2.22. The minimum absolute atomic E-state index is 0.0279. The Kier molecular flexibility index (Phi) is 4.68. The van der Waals surface area contributed by atoms with E-state index in [0.717, 1.165) is 6.26 Å². The van der Waals surface area contributed by atoms with Gasteiger partial charge in [0.15, 0.2) is 5.69 Å². The maximum absolute atomic E-state index is 12.0. The summed E-state index contributed by atoms with van der Waals surface area (Å²) in [6, 6.07) is 7.67. The van der Waals surface area contributed by atoms with Gasteiger partial charge >= 0.3 is 5.97 Å². The van der Waals surface area contributed by atoms with Crippen LogP contribution in [0.4, 0.5) is 0 Å². The van der Waals surface area contributed by atoms with Crippen molar-refractivity contribution < 1.29 is 23.8 Å². The van der Waals surface area contributed by atoms with Crippen LogP contribution in [0.3, 0.4) is 0 Å². The molecule has 7 heteroatoms. The Labute approximate surface area is 120 Å². The van der Waals surface area contributed by atoms with E-state index in [1.165, 1.54) is 7.11 Å². The van der Waals surface area contributed by atoms with Crippen LogP contribution >= 0.6 is 0 Å². The number of benzene rings is 1. The van der Waals surface area contributed by atoms with Crippen molar-refractivity contribution in [2.75, 3.05) is 13.7 Å². The second-order valence-electron chi connectivity index (χ2n) is 4.14. The summed E-state index contributed by atoms with van der Waals surface area (Å²) in [7, 11) is 1.22. The van der Waals surface area contributed by atoms with Gasteiger partial charge < -0.3 is 19.6 Å². The van der Waals surface area contributed by atoms with Gasteiger partial charge in [0, 0.05) is 5.56 Å². The molecule has 21 heavy (non-hydrogen) atoms. The van der Waals surface area contributed by atoms with Crippen LogP contribution in [0.25, 0.3) is 0 Å². The van der Waals surface area contributed by atoms with Crippen LogP contribution in [-0.2, 0) is 4.74 Å². The maximum Gasteiger partial charge on any atom is 0.360 e. The van der Waals surface area contributed by atoms with Gasteiger partial charge in [-0.3, -0.25) is 4.79 Å². The van der Waals surface area contributed by atoms with E-state index in [0.29, 0.717) is 5.56 Å². The summed E-state index contributed by atoms with van der Waals surface area (Å²) in [6.45, 7) is -0.417. The third kappa shape index (κ3) is 3.46. The summed E-state index contributed by atoms with van der Waals surface area (Å²) < 4.78 is 9.59. The van der Waals surface area contributed by atoms with Crippen LogP contribution in [0.1, 0.15) is 32.8 Å². The smallest absolute Gasteiger partial charge is 0.360 e. The summed E-state index contributed by atoms with van der Waals surface area (Å²) in [5.41, 5.74) is 0.413. The van der Waals surface area contributed by atoms with E-state index >= 15 is 0 Å². The number of ether oxygens (including phenoxy) is 1. The van der Waals surface area contributed by atoms with Crippen LogP contribution in [0.2, 0.25) is 0 Å². The van der Waals surface area contributed by atoms with E-state index in [1.54, 1.807) is 30.3 Å². The van der Waals surface area contributed by atoms with Crippen molar-refractivity contribution in [2.24, 2.45) is 0 Å². The molecule has 1 amide bonds. The van der Waals surface area contributed by atoms with Crippen LogP contribution < -0.4 is 5.32 Å². The number of carbonyl (C=O) groups excluding carboxylic acids is 2. The number of rotatable bonds is 5. The number of esters is 1. The fourth-order valence-corrected chi connectivity index (χ4v) is 1.66. The molecule has 0 aliphatic rings. The molecule has 7 nitrogen and oxygen atoms in total. The third-order valence-corrected chi connectivity index (χ3v) is 2.74. The summed E-state index contributed by atoms with van der Waals surface area (Å²) >= 11 is 0. The van der Waals surface area contributed by atoms with Gasteiger partial charge in [-0.05, 0) is 12.1 Å². The quantitative estimate of drug-likeness (QED) is 0.794. The minimum atomic E-state index is -0.851. The average molecular weight is 290 g/mol. The van der Waals surface area contributed by atoms with Crippen LogP contribution in [0.15, 0.2) is 41.0 Å². The van der Waals surface area contributed by atoms with E-state index in [9.17, 15) is 14.7 Å². The highest BCUT2D eigenvalue weighted by atomic mass is 16.5. The lowest BCUT2D eigenvalue weighted by Gasteiger charge is -2.12. The number of methoxy groups -OCH3 is 1. The Hall–Kier alpha value is -2.67. The molecule has 0 saturated heterocycles. The van der Waals surface area contributed by atoms with E-state index in [4.69, 9.17) is 4.42 Å². The van der Waals surface area contributed by atoms with Gasteiger partial charge in [0.2, 0.25) is 5.89 Å². The predicted octanol–water partition coefficient (Wildman–Crippen LogP) is 0.925. The second kappa shape index (κ2) is 6.67. The molecule has 0 unspecified atom stereocenters. The number of hydrogen-bond acceptors (Lipinski definition) is 6. The predicted molar refractivity (Wildman–Crippen MR) is 71.6 cm³/mol. The molecule has 0 spiro atoms. The lowest BCUT2D eigenvalue weighted by Crippen LogP contribution is -2.31. The number of nitrogens with one attached hydrogen (secondary N) is 1. The zero-order chi connectivity index (χ0) is 15.2. The highest BCUT2D eigenvalue weighted by Crippen LogP contribution is 2.14. The lowest BCUT2D eigenvalue weighted by molar-refractivity contribution is 0.0594. The molecule has 1 heterocycles. The number of amides is 1. The number of oxazole rings is 1. The van der Waals surface area contributed by atoms with Gasteiger partial charge in [-0.1, -0.05) is 18.2 Å². The zero-order valence-corrected chi connectivity index (χ0v) is 11.3. The fourth-order valence-electron chi connectivity index (χ4n) is 1.66. The number of aliphatic hydroxyl groups is 1. The van der Waals surface area contributed by atoms with Gasteiger partial charge in [0.25, 0.3) is 5.91 Å². The SMILES string of the molecule is COC(=O)c1coc([C@@H](CO)NC(=O)c2ccccc2)n1. The molecule has 2 rings (SSSR count). The molecular weight excluding hydrogens is 276 g/mol. The number of carbonyl (C=O) groups is 2. The fraction of sp³-hybridized carbons (Fsp3) is 0.214. The molecule has 1 atom stereocenters. The molecule has 2 aromatic rings. The van der Waals surface area contributed by atoms with Crippen molar-refractivity contribution in [2.45, 2.75) is 6.04 Å². The highest BCUT2D eigenvalue weighted by molar-refractivity contribution is 5.94. The molecule has 1 aromatic heterocycles. The molecular formula is C14H14N2O5. The first-order chi connectivity index (χ1) is 10.2. The first-order valence-corrected chi connectivity index (χ1v) is 6.16. The Balaban J connectivity index is 2.11. The molecule has 0 bridgehead atoms. The Morgan fingerprint density at radius 2 is 2.10 bits per heavy atom. The molecule has 0 saturated carbocycles. The Morgan fingerprint density at radius 3 is 2.71 bits per heavy atom. The summed E-state index contributed by atoms with van der Waals surface area (Å²) in [5, 5.41) is 11.9. The number of hydrogen-bond donors (Lipinski definition) is 2. The van der Waals surface area contributed by atoms with Crippen molar-refractivity contribution in [3.05, 3.63) is 53.7 Å². The van der Waals surface area contributed by atoms with Crippen molar-refractivity contribution in [3.63, 3.8) is 0 Å². The summed E-state index contributed by atoms with van der Waals surface area (Å²) in [4.78, 5) is 27.2. The molecule has 0 radical (unpaired) electrons. The van der Waals surface area contributed by atoms with Crippen LogP contribution in [0, 0.1) is 0 Å². The minimum Gasteiger partial charge on any atom is -0.464 e. The molecule has 1 aromatic carbocycles. The van der Waals surface area contributed by atoms with Gasteiger partial charge in [-0.15, -0.1) is 0 Å². The topological polar surface area (TPSA) is 102 Å². The average Bonchev–Trinajstić information content (AvgIpc) is 3.02. The summed E-state index contributed by atoms with van der Waals surface area (Å²) in [5.74, 6) is -1.01. The van der Waals surface area contributed by atoms with Crippen molar-refractivity contribution in [1.29, 1.82) is 0 Å². The van der Waals surface area contributed by atoms with Gasteiger partial charge in [0.05, 0.1) is 13.7 Å². The third-order valence-electron chi connectivity index (χ3n) is 2.74. The second-order valence-corrected chi connectivity index (χ2v) is 4.14. The van der Waals surface area contributed by atoms with Gasteiger partial charge in [-0.2, -0.15) is 0 Å². The standard InChI is InChI=1S/C14H14N2O5/c1-20-14(19)11-8-21-13(16-11)10(7-17)15-12(18)9-5-3-2-4-6-9/h2-6,8,10,17H,7H2,1H3,(H,15,18)/t10-/m1/s1. The summed E-state index contributed by atoms with van der Waals surface area (Å²) in [6.07, 6.45) is 1.11. The molecule has 2 N–H and O–H groups in total. The number of nitrogens with zero attached hydrogens (tertiary/aromatic N) is 1. The zero-order valence-electron chi connectivity index (χ0n) is 11.3. The lowest BCUT2D eigenvalue weighted by atomic mass is 10.2. The Morgan fingerprint density at radius 1 is 1.38 bits per heavy atom. The van der Waals surface area contributed by atoms with E-state index < -0.39 is 18.6 Å². The normalized spacial score (nSPS) is 11.7. The maximum atomic E-state index is 12.0. The molecule has 0 aliphatic heterocycles. The van der Waals surface area contributed by atoms with Gasteiger partial charge in [0.1, 0.15) is 12.3 Å². The van der Waals surface area contributed by atoms with Crippen molar-refractivity contribution in [3.8, 4) is 0 Å². The van der Waals surface area contributed by atoms with E-state index in [1.807, 2.05) is 0 Å². The molecule has 0 aliphatic carbocycles. The van der Waals surface area contributed by atoms with Crippen LogP contribution in [0.5, 0.6) is 0 Å². The Bertz CT molecular complexity index is 623. The van der Waals surface area contributed by atoms with Crippen molar-refractivity contribution >= 4 is 11.9 Å². The molecule has 110 valence electrons. The number of aliphatic hydroxyl groups excluding tert-OH is 1.